The van der Waals surface area contributed by atoms with Crippen LogP contribution in [0.4, 0.5) is 0 Å². The highest BCUT2D eigenvalue weighted by Crippen LogP contribution is 1.94. The molecule has 0 spiro atoms. The highest BCUT2D eigenvalue weighted by molar-refractivity contribution is 5.77. The molecule has 1 amide bonds. The summed E-state index contributed by atoms with van der Waals surface area (Å²) >= 11 is 0. The summed E-state index contributed by atoms with van der Waals surface area (Å²) in [5, 5.41) is 2.86. The first-order chi connectivity index (χ1) is 6.61. The van der Waals surface area contributed by atoms with Gasteiger partial charge in [-0.2, -0.15) is 0 Å². The quantitative estimate of drug-likeness (QED) is 0.778. The summed E-state index contributed by atoms with van der Waals surface area (Å²) in [5.41, 5.74) is 0. The molecular formula is C10H17N3O. The number of hydrogen-bond donors (Lipinski definition) is 1. The Morgan fingerprint density at radius 1 is 1.64 bits per heavy atom. The standard InChI is InChI=1S/C10H17N3O/c1-8(2)10(14)12-5-7-13-6-4-11-9(13)3/h4,6,8H,5,7H2,1-3H3,(H,12,14). The number of amides is 1. The molecule has 4 nitrogen and oxygen atoms in total. The maximum absolute atomic E-state index is 11.2. The second kappa shape index (κ2) is 4.79. The molecule has 1 aromatic rings. The van der Waals surface area contributed by atoms with Crippen LogP contribution >= 0.6 is 0 Å². The number of aromatic nitrogens is 2. The molecule has 0 aliphatic rings. The van der Waals surface area contributed by atoms with Crippen molar-refractivity contribution in [2.24, 2.45) is 5.92 Å². The molecule has 14 heavy (non-hydrogen) atoms. The lowest BCUT2D eigenvalue weighted by molar-refractivity contribution is -0.124. The first-order valence-electron chi connectivity index (χ1n) is 4.86. The molecule has 0 aliphatic carbocycles. The Morgan fingerprint density at radius 3 is 2.86 bits per heavy atom. The average Bonchev–Trinajstić information content (AvgIpc) is 2.51. The van der Waals surface area contributed by atoms with Crippen molar-refractivity contribution >= 4 is 5.91 Å². The molecule has 4 heteroatoms. The van der Waals surface area contributed by atoms with Crippen LogP contribution in [-0.4, -0.2) is 22.0 Å². The second-order valence-corrected chi connectivity index (χ2v) is 3.61. The van der Waals surface area contributed by atoms with Crippen LogP contribution in [0.25, 0.3) is 0 Å². The van der Waals surface area contributed by atoms with Crippen LogP contribution in [0.1, 0.15) is 19.7 Å². The summed E-state index contributed by atoms with van der Waals surface area (Å²) < 4.78 is 2.01. The number of aryl methyl sites for hydroxylation is 1. The molecule has 1 aromatic heterocycles. The summed E-state index contributed by atoms with van der Waals surface area (Å²) in [7, 11) is 0. The molecule has 78 valence electrons. The molecular weight excluding hydrogens is 178 g/mol. The Balaban J connectivity index is 2.29. The number of nitrogens with one attached hydrogen (secondary N) is 1. The number of carbonyl (C=O) groups is 1. The van der Waals surface area contributed by atoms with Crippen molar-refractivity contribution in [2.75, 3.05) is 6.54 Å². The second-order valence-electron chi connectivity index (χ2n) is 3.61. The lowest BCUT2D eigenvalue weighted by Crippen LogP contribution is -2.30. The zero-order valence-corrected chi connectivity index (χ0v) is 8.95. The predicted molar refractivity (Wildman–Crippen MR) is 54.8 cm³/mol. The third-order valence-electron chi connectivity index (χ3n) is 2.10. The van der Waals surface area contributed by atoms with Gasteiger partial charge >= 0.3 is 0 Å². The monoisotopic (exact) mass is 195 g/mol. The molecule has 1 N–H and O–H groups in total. The van der Waals surface area contributed by atoms with Gasteiger partial charge in [0, 0.05) is 31.4 Å². The van der Waals surface area contributed by atoms with E-state index < -0.39 is 0 Å². The van der Waals surface area contributed by atoms with E-state index in [1.165, 1.54) is 0 Å². The topological polar surface area (TPSA) is 46.9 Å². The van der Waals surface area contributed by atoms with E-state index >= 15 is 0 Å². The van der Waals surface area contributed by atoms with E-state index in [0.29, 0.717) is 6.54 Å². The third kappa shape index (κ3) is 2.87. The van der Waals surface area contributed by atoms with Gasteiger partial charge < -0.3 is 9.88 Å². The fourth-order valence-electron chi connectivity index (χ4n) is 1.14. The van der Waals surface area contributed by atoms with E-state index in [9.17, 15) is 4.79 Å². The molecule has 0 atom stereocenters. The summed E-state index contributed by atoms with van der Waals surface area (Å²) in [5.74, 6) is 1.13. The molecule has 0 unspecified atom stereocenters. The van der Waals surface area contributed by atoms with Crippen molar-refractivity contribution < 1.29 is 4.79 Å². The fourth-order valence-corrected chi connectivity index (χ4v) is 1.14. The molecule has 0 saturated heterocycles. The van der Waals surface area contributed by atoms with Crippen LogP contribution in [0.3, 0.4) is 0 Å². The fraction of sp³-hybridized carbons (Fsp3) is 0.600. The van der Waals surface area contributed by atoms with Crippen LogP contribution in [-0.2, 0) is 11.3 Å². The molecule has 0 saturated carbocycles. The van der Waals surface area contributed by atoms with Gasteiger partial charge in [0.25, 0.3) is 0 Å². The van der Waals surface area contributed by atoms with Crippen molar-refractivity contribution in [2.45, 2.75) is 27.3 Å². The number of hydrogen-bond acceptors (Lipinski definition) is 2. The lowest BCUT2D eigenvalue weighted by atomic mass is 10.2. The maximum Gasteiger partial charge on any atom is 0.222 e. The van der Waals surface area contributed by atoms with Gasteiger partial charge in [-0.1, -0.05) is 13.8 Å². The van der Waals surface area contributed by atoms with E-state index in [-0.39, 0.29) is 11.8 Å². The van der Waals surface area contributed by atoms with Gasteiger partial charge in [-0.15, -0.1) is 0 Å². The van der Waals surface area contributed by atoms with E-state index in [1.807, 2.05) is 31.5 Å². The summed E-state index contributed by atoms with van der Waals surface area (Å²) in [6.07, 6.45) is 3.68. The molecule has 0 aromatic carbocycles. The first kappa shape index (κ1) is 10.8. The van der Waals surface area contributed by atoms with Crippen LogP contribution in [0, 0.1) is 12.8 Å². The maximum atomic E-state index is 11.2. The molecule has 0 aliphatic heterocycles. The number of carbonyl (C=O) groups excluding carboxylic acids is 1. The van der Waals surface area contributed by atoms with Gasteiger partial charge in [0.2, 0.25) is 5.91 Å². The minimum atomic E-state index is 0.0545. The van der Waals surface area contributed by atoms with E-state index in [0.717, 1.165) is 12.4 Å². The highest BCUT2D eigenvalue weighted by atomic mass is 16.1. The Kier molecular flexibility index (Phi) is 3.68. The van der Waals surface area contributed by atoms with Crippen LogP contribution in [0.15, 0.2) is 12.4 Å². The normalized spacial score (nSPS) is 10.6. The van der Waals surface area contributed by atoms with E-state index in [4.69, 9.17) is 0 Å². The van der Waals surface area contributed by atoms with Gasteiger partial charge in [-0.3, -0.25) is 4.79 Å². The van der Waals surface area contributed by atoms with E-state index in [2.05, 4.69) is 10.3 Å². The van der Waals surface area contributed by atoms with Crippen molar-refractivity contribution in [3.8, 4) is 0 Å². The Bertz CT molecular complexity index is 304. The Hall–Kier alpha value is -1.32. The lowest BCUT2D eigenvalue weighted by Gasteiger charge is -2.08. The third-order valence-corrected chi connectivity index (χ3v) is 2.10. The number of rotatable bonds is 4. The minimum Gasteiger partial charge on any atom is -0.354 e. The Morgan fingerprint density at radius 2 is 2.36 bits per heavy atom. The summed E-state index contributed by atoms with van der Waals surface area (Å²) in [6, 6.07) is 0. The largest absolute Gasteiger partial charge is 0.354 e. The van der Waals surface area contributed by atoms with Crippen molar-refractivity contribution in [1.82, 2.24) is 14.9 Å². The number of nitrogens with zero attached hydrogens (tertiary/aromatic N) is 2. The molecule has 1 heterocycles. The summed E-state index contributed by atoms with van der Waals surface area (Å²) in [6.45, 7) is 7.17. The van der Waals surface area contributed by atoms with Gasteiger partial charge in [-0.25, -0.2) is 4.98 Å². The zero-order valence-electron chi connectivity index (χ0n) is 8.95. The smallest absolute Gasteiger partial charge is 0.222 e. The summed E-state index contributed by atoms with van der Waals surface area (Å²) in [4.78, 5) is 15.3. The van der Waals surface area contributed by atoms with Gasteiger partial charge in [0.1, 0.15) is 5.82 Å². The van der Waals surface area contributed by atoms with Crippen LogP contribution < -0.4 is 5.32 Å². The first-order valence-corrected chi connectivity index (χ1v) is 4.86. The Labute approximate surface area is 84.3 Å². The average molecular weight is 195 g/mol. The SMILES string of the molecule is Cc1nccn1CCNC(=O)C(C)C. The molecule has 0 bridgehead atoms. The van der Waals surface area contributed by atoms with Crippen molar-refractivity contribution in [3.05, 3.63) is 18.2 Å². The number of imidazole rings is 1. The van der Waals surface area contributed by atoms with Crippen molar-refractivity contribution in [1.29, 1.82) is 0 Å². The van der Waals surface area contributed by atoms with Gasteiger partial charge in [0.05, 0.1) is 0 Å². The van der Waals surface area contributed by atoms with Crippen molar-refractivity contribution in [3.63, 3.8) is 0 Å². The zero-order chi connectivity index (χ0) is 10.6. The van der Waals surface area contributed by atoms with Crippen LogP contribution in [0.5, 0.6) is 0 Å². The minimum absolute atomic E-state index is 0.0545. The highest BCUT2D eigenvalue weighted by Gasteiger charge is 2.05. The molecule has 0 fully saturated rings. The van der Waals surface area contributed by atoms with E-state index in [1.54, 1.807) is 6.20 Å². The van der Waals surface area contributed by atoms with Gasteiger partial charge in [-0.05, 0) is 6.92 Å². The predicted octanol–water partition coefficient (Wildman–Crippen LogP) is 0.964. The van der Waals surface area contributed by atoms with Crippen LogP contribution in [0.2, 0.25) is 0 Å². The molecule has 1 rings (SSSR count). The van der Waals surface area contributed by atoms with Gasteiger partial charge in [0.15, 0.2) is 0 Å². The molecule has 0 radical (unpaired) electrons.